The van der Waals surface area contributed by atoms with E-state index >= 15 is 0 Å². The zero-order chi connectivity index (χ0) is 17.9. The summed E-state index contributed by atoms with van der Waals surface area (Å²) < 4.78 is 1.83. The topological polar surface area (TPSA) is 56.0 Å². The SMILES string of the molecule is CC[C@](C)(N=Cc1ccccc1)c1nnnn1-c1c(C)cccc1C. The second kappa shape index (κ2) is 6.97. The van der Waals surface area contributed by atoms with Gasteiger partial charge < -0.3 is 0 Å². The Morgan fingerprint density at radius 3 is 2.36 bits per heavy atom. The Morgan fingerprint density at radius 1 is 1.04 bits per heavy atom. The molecule has 0 spiro atoms. The molecule has 25 heavy (non-hydrogen) atoms. The number of aryl methyl sites for hydroxylation is 2. The van der Waals surface area contributed by atoms with Crippen molar-refractivity contribution >= 4 is 6.21 Å². The van der Waals surface area contributed by atoms with E-state index in [0.29, 0.717) is 0 Å². The molecule has 5 heteroatoms. The predicted octanol–water partition coefficient (Wildman–Crippen LogP) is 4.02. The lowest BCUT2D eigenvalue weighted by atomic mass is 9.98. The molecule has 0 saturated carbocycles. The zero-order valence-corrected chi connectivity index (χ0v) is 15.1. The molecule has 1 atom stereocenters. The van der Waals surface area contributed by atoms with Crippen LogP contribution in [-0.2, 0) is 5.54 Å². The quantitative estimate of drug-likeness (QED) is 0.663. The fraction of sp³-hybridized carbons (Fsp3) is 0.300. The summed E-state index contributed by atoms with van der Waals surface area (Å²) in [7, 11) is 0. The van der Waals surface area contributed by atoms with E-state index in [-0.39, 0.29) is 0 Å². The molecule has 3 rings (SSSR count). The fourth-order valence-electron chi connectivity index (χ4n) is 2.88. The molecule has 0 radical (unpaired) electrons. The summed E-state index contributed by atoms with van der Waals surface area (Å²) in [6.45, 7) is 8.32. The molecular weight excluding hydrogens is 310 g/mol. The summed E-state index contributed by atoms with van der Waals surface area (Å²) in [5, 5.41) is 12.5. The Labute approximate surface area is 148 Å². The maximum Gasteiger partial charge on any atom is 0.183 e. The highest BCUT2D eigenvalue weighted by molar-refractivity contribution is 5.79. The average molecular weight is 333 g/mol. The number of benzene rings is 2. The highest BCUT2D eigenvalue weighted by Crippen LogP contribution is 2.30. The second-order valence-corrected chi connectivity index (χ2v) is 6.45. The van der Waals surface area contributed by atoms with Crippen molar-refractivity contribution in [3.63, 3.8) is 0 Å². The summed E-state index contributed by atoms with van der Waals surface area (Å²) in [5.41, 5.74) is 3.86. The molecular formula is C20H23N5. The fourth-order valence-corrected chi connectivity index (χ4v) is 2.88. The van der Waals surface area contributed by atoms with Crippen molar-refractivity contribution in [1.82, 2.24) is 20.2 Å². The van der Waals surface area contributed by atoms with Gasteiger partial charge in [0.05, 0.1) is 5.69 Å². The van der Waals surface area contributed by atoms with Crippen LogP contribution in [-0.4, -0.2) is 26.4 Å². The van der Waals surface area contributed by atoms with Crippen molar-refractivity contribution in [3.8, 4) is 5.69 Å². The lowest BCUT2D eigenvalue weighted by Crippen LogP contribution is -2.24. The second-order valence-electron chi connectivity index (χ2n) is 6.45. The smallest absolute Gasteiger partial charge is 0.183 e. The van der Waals surface area contributed by atoms with Crippen LogP contribution in [0.4, 0.5) is 0 Å². The number of nitrogens with zero attached hydrogens (tertiary/aromatic N) is 5. The van der Waals surface area contributed by atoms with Gasteiger partial charge in [0.1, 0.15) is 5.54 Å². The molecule has 0 fully saturated rings. The molecule has 3 aromatic rings. The van der Waals surface area contributed by atoms with Crippen LogP contribution in [0.25, 0.3) is 5.69 Å². The molecule has 0 amide bonds. The first-order valence-electron chi connectivity index (χ1n) is 8.51. The molecule has 128 valence electrons. The highest BCUT2D eigenvalue weighted by Gasteiger charge is 2.31. The van der Waals surface area contributed by atoms with Crippen LogP contribution in [0, 0.1) is 13.8 Å². The van der Waals surface area contributed by atoms with Gasteiger partial charge in [0.15, 0.2) is 5.82 Å². The van der Waals surface area contributed by atoms with Gasteiger partial charge in [-0.25, -0.2) is 0 Å². The van der Waals surface area contributed by atoms with Crippen molar-refractivity contribution in [1.29, 1.82) is 0 Å². The van der Waals surface area contributed by atoms with E-state index in [1.807, 2.05) is 47.3 Å². The molecule has 1 aromatic heterocycles. The number of hydrogen-bond acceptors (Lipinski definition) is 4. The van der Waals surface area contributed by atoms with Crippen LogP contribution >= 0.6 is 0 Å². The maximum atomic E-state index is 4.84. The van der Waals surface area contributed by atoms with Crippen molar-refractivity contribution in [2.24, 2.45) is 4.99 Å². The number of aromatic nitrogens is 4. The first-order valence-corrected chi connectivity index (χ1v) is 8.51. The largest absolute Gasteiger partial charge is 0.278 e. The van der Waals surface area contributed by atoms with E-state index < -0.39 is 5.54 Å². The summed E-state index contributed by atoms with van der Waals surface area (Å²) in [6.07, 6.45) is 2.69. The van der Waals surface area contributed by atoms with Gasteiger partial charge in [-0.15, -0.1) is 5.10 Å². The van der Waals surface area contributed by atoms with Gasteiger partial charge in [0.25, 0.3) is 0 Å². The summed E-state index contributed by atoms with van der Waals surface area (Å²) >= 11 is 0. The van der Waals surface area contributed by atoms with E-state index in [2.05, 4.69) is 55.4 Å². The van der Waals surface area contributed by atoms with Crippen LogP contribution < -0.4 is 0 Å². The minimum Gasteiger partial charge on any atom is -0.278 e. The molecule has 0 aliphatic rings. The average Bonchev–Trinajstić information content (AvgIpc) is 3.10. The first-order chi connectivity index (χ1) is 12.0. The Bertz CT molecular complexity index is 862. The van der Waals surface area contributed by atoms with E-state index in [9.17, 15) is 0 Å². The van der Waals surface area contributed by atoms with Gasteiger partial charge in [-0.1, -0.05) is 55.5 Å². The van der Waals surface area contributed by atoms with Crippen molar-refractivity contribution in [2.75, 3.05) is 0 Å². The maximum absolute atomic E-state index is 4.84. The summed E-state index contributed by atoms with van der Waals surface area (Å²) in [6, 6.07) is 16.3. The molecule has 0 bridgehead atoms. The number of rotatable bonds is 5. The van der Waals surface area contributed by atoms with E-state index in [1.165, 1.54) is 0 Å². The summed E-state index contributed by atoms with van der Waals surface area (Å²) in [4.78, 5) is 4.84. The van der Waals surface area contributed by atoms with Gasteiger partial charge in [0, 0.05) is 6.21 Å². The Balaban J connectivity index is 2.06. The third kappa shape index (κ3) is 3.36. The number of aliphatic imine (C=N–C) groups is 1. The number of hydrogen-bond donors (Lipinski definition) is 0. The normalized spacial score (nSPS) is 13.9. The van der Waals surface area contributed by atoms with Gasteiger partial charge in [-0.3, -0.25) is 4.99 Å². The van der Waals surface area contributed by atoms with Crippen LogP contribution in [0.5, 0.6) is 0 Å². The van der Waals surface area contributed by atoms with Gasteiger partial charge >= 0.3 is 0 Å². The minimum absolute atomic E-state index is 0.506. The monoisotopic (exact) mass is 333 g/mol. The van der Waals surface area contributed by atoms with E-state index in [0.717, 1.165) is 34.6 Å². The van der Waals surface area contributed by atoms with E-state index in [1.54, 1.807) is 0 Å². The Kier molecular flexibility index (Phi) is 4.74. The lowest BCUT2D eigenvalue weighted by molar-refractivity contribution is 0.438. The Morgan fingerprint density at radius 2 is 1.72 bits per heavy atom. The molecule has 0 N–H and O–H groups in total. The summed E-state index contributed by atoms with van der Waals surface area (Å²) in [5.74, 6) is 0.750. The van der Waals surface area contributed by atoms with Gasteiger partial charge in [0.2, 0.25) is 0 Å². The van der Waals surface area contributed by atoms with Crippen molar-refractivity contribution in [3.05, 3.63) is 71.0 Å². The van der Waals surface area contributed by atoms with Crippen LogP contribution in [0.1, 0.15) is 42.8 Å². The van der Waals surface area contributed by atoms with Crippen LogP contribution in [0.2, 0.25) is 0 Å². The first kappa shape index (κ1) is 17.0. The predicted molar refractivity (Wildman–Crippen MR) is 100 cm³/mol. The molecule has 1 heterocycles. The molecule has 0 saturated heterocycles. The van der Waals surface area contributed by atoms with Crippen LogP contribution in [0.15, 0.2) is 53.5 Å². The van der Waals surface area contributed by atoms with Crippen LogP contribution in [0.3, 0.4) is 0 Å². The molecule has 0 aliphatic carbocycles. The molecule has 0 aliphatic heterocycles. The Hall–Kier alpha value is -2.82. The molecule has 2 aromatic carbocycles. The van der Waals surface area contributed by atoms with Gasteiger partial charge in [-0.05, 0) is 54.3 Å². The van der Waals surface area contributed by atoms with Gasteiger partial charge in [-0.2, -0.15) is 4.68 Å². The van der Waals surface area contributed by atoms with Crippen molar-refractivity contribution < 1.29 is 0 Å². The highest BCUT2D eigenvalue weighted by atomic mass is 15.6. The third-order valence-corrected chi connectivity index (χ3v) is 4.59. The van der Waals surface area contributed by atoms with E-state index in [4.69, 9.17) is 4.99 Å². The third-order valence-electron chi connectivity index (χ3n) is 4.59. The standard InChI is InChI=1S/C20H23N5/c1-5-20(4,21-14-17-12-7-6-8-13-17)19-22-23-24-25(19)18-15(2)10-9-11-16(18)3/h6-14H,5H2,1-4H3/t20-/m0/s1. The number of tetrazole rings is 1. The lowest BCUT2D eigenvalue weighted by Gasteiger charge is -2.23. The minimum atomic E-state index is -0.506. The number of para-hydroxylation sites is 1. The zero-order valence-electron chi connectivity index (χ0n) is 15.1. The molecule has 0 unspecified atom stereocenters. The molecule has 5 nitrogen and oxygen atoms in total. The van der Waals surface area contributed by atoms with Crippen molar-refractivity contribution in [2.45, 2.75) is 39.7 Å².